The van der Waals surface area contributed by atoms with Gasteiger partial charge in [0.15, 0.2) is 0 Å². The van der Waals surface area contributed by atoms with E-state index >= 15 is 0 Å². The van der Waals surface area contributed by atoms with Crippen LogP contribution in [0.4, 0.5) is 0 Å². The van der Waals surface area contributed by atoms with Crippen LogP contribution in [0.25, 0.3) is 0 Å². The number of hydrogen-bond donors (Lipinski definition) is 1. The zero-order valence-electron chi connectivity index (χ0n) is 9.91. The normalized spacial score (nSPS) is 26.9. The van der Waals surface area contributed by atoms with Crippen molar-refractivity contribution in [3.05, 3.63) is 34.3 Å². The molecule has 0 amide bonds. The molecule has 1 aromatic rings. The topological polar surface area (TPSA) is 15.3 Å². The summed E-state index contributed by atoms with van der Waals surface area (Å²) in [5.41, 5.74) is 1.39. The molecule has 2 nitrogen and oxygen atoms in total. The highest BCUT2D eigenvalue weighted by Crippen LogP contribution is 2.20. The van der Waals surface area contributed by atoms with Gasteiger partial charge >= 0.3 is 0 Å². The molecule has 1 aliphatic rings. The van der Waals surface area contributed by atoms with E-state index in [1.165, 1.54) is 10.0 Å². The van der Waals surface area contributed by atoms with Crippen LogP contribution in [0.2, 0.25) is 0 Å². The third kappa shape index (κ3) is 2.65. The molecule has 0 saturated carbocycles. The Bertz CT molecular complexity index is 354. The third-order valence-corrected chi connectivity index (χ3v) is 4.32. The van der Waals surface area contributed by atoms with Gasteiger partial charge < -0.3 is 10.2 Å². The Kier molecular flexibility index (Phi) is 4.00. The van der Waals surface area contributed by atoms with Gasteiger partial charge in [0.1, 0.15) is 0 Å². The van der Waals surface area contributed by atoms with E-state index in [1.807, 2.05) is 0 Å². The highest BCUT2D eigenvalue weighted by molar-refractivity contribution is 9.10. The van der Waals surface area contributed by atoms with Crippen molar-refractivity contribution in [2.45, 2.75) is 25.4 Å². The fourth-order valence-electron chi connectivity index (χ4n) is 2.25. The van der Waals surface area contributed by atoms with E-state index in [2.05, 4.69) is 64.4 Å². The van der Waals surface area contributed by atoms with Crippen LogP contribution in [-0.4, -0.2) is 37.1 Å². The van der Waals surface area contributed by atoms with Gasteiger partial charge in [0.2, 0.25) is 0 Å². The molecule has 2 rings (SSSR count). The predicted octanol–water partition coefficient (Wildman–Crippen LogP) is 2.28. The minimum atomic E-state index is 0.553. The van der Waals surface area contributed by atoms with Crippen LogP contribution >= 0.6 is 15.9 Å². The van der Waals surface area contributed by atoms with Crippen LogP contribution in [0.3, 0.4) is 0 Å². The predicted molar refractivity (Wildman–Crippen MR) is 71.7 cm³/mol. The van der Waals surface area contributed by atoms with Crippen LogP contribution in [0, 0.1) is 0 Å². The lowest BCUT2D eigenvalue weighted by Gasteiger charge is -2.38. The van der Waals surface area contributed by atoms with Gasteiger partial charge in [-0.15, -0.1) is 0 Å². The Morgan fingerprint density at radius 3 is 2.94 bits per heavy atom. The molecule has 1 heterocycles. The SMILES string of the molecule is CC1C(Cc2ccccc2Br)NCCN1C. The molecule has 0 radical (unpaired) electrons. The number of nitrogens with zero attached hydrogens (tertiary/aromatic N) is 1. The first-order valence-electron chi connectivity index (χ1n) is 5.85. The van der Waals surface area contributed by atoms with Crippen molar-refractivity contribution < 1.29 is 0 Å². The van der Waals surface area contributed by atoms with Crippen molar-refractivity contribution in [3.8, 4) is 0 Å². The number of nitrogens with one attached hydrogen (secondary N) is 1. The van der Waals surface area contributed by atoms with Crippen molar-refractivity contribution in [1.29, 1.82) is 0 Å². The van der Waals surface area contributed by atoms with Gasteiger partial charge in [-0.2, -0.15) is 0 Å². The molecule has 0 aromatic heterocycles. The van der Waals surface area contributed by atoms with E-state index in [4.69, 9.17) is 0 Å². The van der Waals surface area contributed by atoms with E-state index in [0.29, 0.717) is 12.1 Å². The van der Waals surface area contributed by atoms with Gasteiger partial charge in [-0.25, -0.2) is 0 Å². The van der Waals surface area contributed by atoms with Gasteiger partial charge in [-0.1, -0.05) is 34.1 Å². The Labute approximate surface area is 106 Å². The summed E-state index contributed by atoms with van der Waals surface area (Å²) in [6, 6.07) is 9.65. The summed E-state index contributed by atoms with van der Waals surface area (Å²) < 4.78 is 1.22. The van der Waals surface area contributed by atoms with E-state index < -0.39 is 0 Å². The van der Waals surface area contributed by atoms with Gasteiger partial charge in [0, 0.05) is 29.6 Å². The third-order valence-electron chi connectivity index (χ3n) is 3.55. The maximum absolute atomic E-state index is 3.62. The number of rotatable bonds is 2. The van der Waals surface area contributed by atoms with Gasteiger partial charge in [0.05, 0.1) is 0 Å². The van der Waals surface area contributed by atoms with Crippen LogP contribution in [0.15, 0.2) is 28.7 Å². The summed E-state index contributed by atoms with van der Waals surface area (Å²) in [5.74, 6) is 0. The Hall–Kier alpha value is -0.380. The molecule has 1 saturated heterocycles. The largest absolute Gasteiger partial charge is 0.311 e. The minimum Gasteiger partial charge on any atom is -0.311 e. The molecule has 3 heteroatoms. The monoisotopic (exact) mass is 282 g/mol. The quantitative estimate of drug-likeness (QED) is 0.896. The standard InChI is InChI=1S/C13H19BrN2/c1-10-13(15-7-8-16(10)2)9-11-5-3-4-6-12(11)14/h3-6,10,13,15H,7-9H2,1-2H3. The molecular weight excluding hydrogens is 264 g/mol. The molecule has 1 N–H and O–H groups in total. The molecule has 2 atom stereocenters. The summed E-state index contributed by atoms with van der Waals surface area (Å²) in [4.78, 5) is 2.43. The minimum absolute atomic E-state index is 0.553. The Morgan fingerprint density at radius 2 is 2.19 bits per heavy atom. The van der Waals surface area contributed by atoms with Crippen LogP contribution < -0.4 is 5.32 Å². The van der Waals surface area contributed by atoms with Crippen molar-refractivity contribution >= 4 is 15.9 Å². The van der Waals surface area contributed by atoms with Crippen molar-refractivity contribution in [1.82, 2.24) is 10.2 Å². The maximum atomic E-state index is 3.62. The lowest BCUT2D eigenvalue weighted by atomic mass is 9.98. The number of halogens is 1. The summed E-state index contributed by atoms with van der Waals surface area (Å²) in [6.07, 6.45) is 1.09. The maximum Gasteiger partial charge on any atom is 0.0261 e. The van der Waals surface area contributed by atoms with Crippen LogP contribution in [-0.2, 0) is 6.42 Å². The summed E-state index contributed by atoms with van der Waals surface area (Å²) in [6.45, 7) is 4.54. The van der Waals surface area contributed by atoms with Crippen molar-refractivity contribution in [2.24, 2.45) is 0 Å². The lowest BCUT2D eigenvalue weighted by molar-refractivity contribution is 0.163. The van der Waals surface area contributed by atoms with E-state index in [0.717, 1.165) is 19.5 Å². The molecule has 0 aliphatic carbocycles. The lowest BCUT2D eigenvalue weighted by Crippen LogP contribution is -2.55. The molecule has 0 bridgehead atoms. The number of benzene rings is 1. The van der Waals surface area contributed by atoms with E-state index in [1.54, 1.807) is 0 Å². The van der Waals surface area contributed by atoms with Crippen LogP contribution in [0.1, 0.15) is 12.5 Å². The molecule has 1 aliphatic heterocycles. The molecular formula is C13H19BrN2. The first-order valence-corrected chi connectivity index (χ1v) is 6.65. The first-order chi connectivity index (χ1) is 7.68. The zero-order chi connectivity index (χ0) is 11.5. The molecule has 1 aromatic carbocycles. The molecule has 2 unspecified atom stereocenters. The molecule has 1 fully saturated rings. The molecule has 0 spiro atoms. The average molecular weight is 283 g/mol. The fraction of sp³-hybridized carbons (Fsp3) is 0.538. The second-order valence-corrected chi connectivity index (χ2v) is 5.43. The second kappa shape index (κ2) is 5.30. The second-order valence-electron chi connectivity index (χ2n) is 4.58. The zero-order valence-corrected chi connectivity index (χ0v) is 11.5. The van der Waals surface area contributed by atoms with Crippen LogP contribution in [0.5, 0.6) is 0 Å². The highest BCUT2D eigenvalue weighted by atomic mass is 79.9. The summed E-state index contributed by atoms with van der Waals surface area (Å²) in [5, 5.41) is 3.61. The Morgan fingerprint density at radius 1 is 1.44 bits per heavy atom. The van der Waals surface area contributed by atoms with Gasteiger partial charge in [-0.3, -0.25) is 0 Å². The number of piperazine rings is 1. The molecule has 16 heavy (non-hydrogen) atoms. The highest BCUT2D eigenvalue weighted by Gasteiger charge is 2.25. The first kappa shape index (κ1) is 12.1. The van der Waals surface area contributed by atoms with E-state index in [-0.39, 0.29) is 0 Å². The average Bonchev–Trinajstić information content (AvgIpc) is 2.28. The summed E-state index contributed by atoms with van der Waals surface area (Å²) >= 11 is 3.62. The summed E-state index contributed by atoms with van der Waals surface area (Å²) in [7, 11) is 2.21. The van der Waals surface area contributed by atoms with Crippen molar-refractivity contribution in [2.75, 3.05) is 20.1 Å². The van der Waals surface area contributed by atoms with E-state index in [9.17, 15) is 0 Å². The molecule has 88 valence electrons. The fourth-order valence-corrected chi connectivity index (χ4v) is 2.70. The smallest absolute Gasteiger partial charge is 0.0261 e. The van der Waals surface area contributed by atoms with Gasteiger partial charge in [0.25, 0.3) is 0 Å². The van der Waals surface area contributed by atoms with Gasteiger partial charge in [-0.05, 0) is 32.0 Å². The number of likely N-dealkylation sites (N-methyl/N-ethyl adjacent to an activating group) is 1. The van der Waals surface area contributed by atoms with Crippen molar-refractivity contribution in [3.63, 3.8) is 0 Å². The Balaban J connectivity index is 2.06. The number of hydrogen-bond acceptors (Lipinski definition) is 2.